The van der Waals surface area contributed by atoms with Crippen LogP contribution in [-0.4, -0.2) is 53.9 Å². The zero-order valence-corrected chi connectivity index (χ0v) is 17.7. The monoisotopic (exact) mass is 449 g/mol. The Morgan fingerprint density at radius 1 is 1.33 bits per heavy atom. The van der Waals surface area contributed by atoms with Crippen LogP contribution in [0.4, 0.5) is 5.00 Å². The first-order valence-corrected chi connectivity index (χ1v) is 11.4. The van der Waals surface area contributed by atoms with Crippen LogP contribution in [0.1, 0.15) is 35.8 Å². The maximum Gasteiger partial charge on any atom is 0.362 e. The van der Waals surface area contributed by atoms with Crippen molar-refractivity contribution < 1.29 is 22.7 Å². The smallest absolute Gasteiger partial charge is 0.362 e. The lowest BCUT2D eigenvalue weighted by Crippen LogP contribution is -2.41. The minimum atomic E-state index is -3.83. The van der Waals surface area contributed by atoms with Gasteiger partial charge in [-0.3, -0.25) is 4.79 Å². The van der Waals surface area contributed by atoms with Gasteiger partial charge in [0.2, 0.25) is 21.6 Å². The van der Waals surface area contributed by atoms with Gasteiger partial charge < -0.3 is 10.1 Å². The van der Waals surface area contributed by atoms with E-state index in [-0.39, 0.29) is 46.8 Å². The lowest BCUT2D eigenvalue weighted by Gasteiger charge is -2.30. The molecule has 2 heterocycles. The number of aromatic nitrogens is 2. The van der Waals surface area contributed by atoms with Gasteiger partial charge in [0, 0.05) is 30.5 Å². The molecule has 1 saturated heterocycles. The van der Waals surface area contributed by atoms with Gasteiger partial charge >= 0.3 is 5.97 Å². The van der Waals surface area contributed by atoms with Gasteiger partial charge in [0.25, 0.3) is 0 Å². The van der Waals surface area contributed by atoms with Crippen LogP contribution in [0.5, 0.6) is 0 Å². The first-order chi connectivity index (χ1) is 14.4. The first kappa shape index (κ1) is 21.8. The maximum atomic E-state index is 12.9. The van der Waals surface area contributed by atoms with Crippen LogP contribution in [0.2, 0.25) is 0 Å². The molecule has 0 unspecified atom stereocenters. The summed E-state index contributed by atoms with van der Waals surface area (Å²) in [6, 6.07) is 7.93. The van der Waals surface area contributed by atoms with Crippen molar-refractivity contribution in [2.75, 3.05) is 25.0 Å². The van der Waals surface area contributed by atoms with Crippen molar-refractivity contribution in [1.29, 1.82) is 5.26 Å². The van der Waals surface area contributed by atoms with Crippen molar-refractivity contribution >= 4 is 38.4 Å². The molecule has 0 saturated carbocycles. The highest BCUT2D eigenvalue weighted by Gasteiger charge is 2.34. The van der Waals surface area contributed by atoms with Crippen LogP contribution in [-0.2, 0) is 19.6 Å². The minimum Gasteiger partial charge on any atom is -0.461 e. The molecule has 12 heteroatoms. The Kier molecular flexibility index (Phi) is 6.76. The van der Waals surface area contributed by atoms with E-state index in [1.54, 1.807) is 19.1 Å². The van der Waals surface area contributed by atoms with E-state index in [2.05, 4.69) is 14.9 Å². The van der Waals surface area contributed by atoms with Gasteiger partial charge in [0.05, 0.1) is 17.1 Å². The van der Waals surface area contributed by atoms with Gasteiger partial charge in [0.1, 0.15) is 6.07 Å². The number of nitrogens with one attached hydrogen (secondary N) is 1. The summed E-state index contributed by atoms with van der Waals surface area (Å²) in [7, 11) is -3.83. The molecule has 1 aromatic heterocycles. The van der Waals surface area contributed by atoms with Gasteiger partial charge in [-0.1, -0.05) is 16.6 Å². The van der Waals surface area contributed by atoms with E-state index in [4.69, 9.17) is 4.74 Å². The van der Waals surface area contributed by atoms with Crippen LogP contribution in [0, 0.1) is 17.2 Å². The molecule has 30 heavy (non-hydrogen) atoms. The fourth-order valence-corrected chi connectivity index (χ4v) is 5.27. The van der Waals surface area contributed by atoms with Crippen LogP contribution < -0.4 is 5.32 Å². The number of hydrogen-bond donors (Lipinski definition) is 1. The van der Waals surface area contributed by atoms with Crippen molar-refractivity contribution in [1.82, 2.24) is 13.9 Å². The molecule has 1 aliphatic heterocycles. The molecule has 1 fully saturated rings. The van der Waals surface area contributed by atoms with E-state index in [0.717, 1.165) is 11.5 Å². The molecule has 1 N–H and O–H groups in total. The number of amides is 1. The van der Waals surface area contributed by atoms with Crippen molar-refractivity contribution in [3.8, 4) is 6.07 Å². The highest BCUT2D eigenvalue weighted by Crippen LogP contribution is 2.27. The van der Waals surface area contributed by atoms with Crippen LogP contribution in [0.3, 0.4) is 0 Å². The van der Waals surface area contributed by atoms with Crippen LogP contribution in [0.25, 0.3) is 0 Å². The molecule has 1 aromatic carbocycles. The number of ether oxygens (including phenoxy) is 1. The predicted molar refractivity (Wildman–Crippen MR) is 107 cm³/mol. The van der Waals surface area contributed by atoms with E-state index >= 15 is 0 Å². The number of sulfonamides is 1. The topological polar surface area (TPSA) is 142 Å². The average Bonchev–Trinajstić information content (AvgIpc) is 3.22. The highest BCUT2D eigenvalue weighted by molar-refractivity contribution is 7.89. The fourth-order valence-electron chi connectivity index (χ4n) is 3.10. The number of carbonyl (C=O) groups excluding carboxylic acids is 2. The molecule has 158 valence electrons. The van der Waals surface area contributed by atoms with Crippen molar-refractivity contribution in [2.24, 2.45) is 5.92 Å². The van der Waals surface area contributed by atoms with Crippen LogP contribution in [0.15, 0.2) is 29.2 Å². The Balaban J connectivity index is 1.65. The number of benzene rings is 1. The largest absolute Gasteiger partial charge is 0.461 e. The lowest BCUT2D eigenvalue weighted by atomic mass is 9.97. The molecule has 0 radical (unpaired) electrons. The van der Waals surface area contributed by atoms with Gasteiger partial charge in [-0.2, -0.15) is 9.57 Å². The standard InChI is InChI=1S/C18H19N5O5S2/c1-2-28-18(25)15-17(29-22-21-15)20-16(24)12-7-9-23(10-8-12)30(26,27)14-6-4-3-5-13(14)11-19/h3-6,12H,2,7-10H2,1H3,(H,20,24). The number of piperidine rings is 1. The Hall–Kier alpha value is -2.88. The van der Waals surface area contributed by atoms with Crippen molar-refractivity contribution in [3.05, 3.63) is 35.5 Å². The number of carbonyl (C=O) groups is 2. The summed E-state index contributed by atoms with van der Waals surface area (Å²) in [5, 5.41) is 15.7. The summed E-state index contributed by atoms with van der Waals surface area (Å²) in [4.78, 5) is 24.4. The van der Waals surface area contributed by atoms with Gasteiger partial charge in [-0.05, 0) is 31.9 Å². The van der Waals surface area contributed by atoms with E-state index in [0.29, 0.717) is 12.8 Å². The van der Waals surface area contributed by atoms with Crippen molar-refractivity contribution in [2.45, 2.75) is 24.7 Å². The SMILES string of the molecule is CCOC(=O)c1nnsc1NC(=O)C1CCN(S(=O)(=O)c2ccccc2C#N)CC1. The molecule has 3 rings (SSSR count). The number of hydrogen-bond acceptors (Lipinski definition) is 9. The van der Waals surface area contributed by atoms with E-state index < -0.39 is 21.9 Å². The summed E-state index contributed by atoms with van der Waals surface area (Å²) in [5.41, 5.74) is 0.0323. The average molecular weight is 450 g/mol. The van der Waals surface area contributed by atoms with Gasteiger partial charge in [-0.25, -0.2) is 13.2 Å². The number of nitrogens with zero attached hydrogens (tertiary/aromatic N) is 4. The molecule has 2 aromatic rings. The Labute approximate surface area is 177 Å². The molecule has 0 atom stereocenters. The third-order valence-corrected chi connectivity index (χ3v) is 7.24. The van der Waals surface area contributed by atoms with E-state index in [1.165, 1.54) is 16.4 Å². The first-order valence-electron chi connectivity index (χ1n) is 9.18. The second kappa shape index (κ2) is 9.29. The molecular formula is C18H19N5O5S2. The molecule has 1 amide bonds. The molecular weight excluding hydrogens is 430 g/mol. The van der Waals surface area contributed by atoms with E-state index in [9.17, 15) is 23.3 Å². The normalized spacial score (nSPS) is 15.3. The summed E-state index contributed by atoms with van der Waals surface area (Å²) >= 11 is 0.871. The summed E-state index contributed by atoms with van der Waals surface area (Å²) in [5.74, 6) is -1.43. The third-order valence-electron chi connectivity index (χ3n) is 4.64. The Morgan fingerprint density at radius 3 is 2.70 bits per heavy atom. The fraction of sp³-hybridized carbons (Fsp3) is 0.389. The molecule has 0 spiro atoms. The molecule has 1 aliphatic rings. The summed E-state index contributed by atoms with van der Waals surface area (Å²) < 4.78 is 35.6. The summed E-state index contributed by atoms with van der Waals surface area (Å²) in [6.45, 7) is 2.12. The number of rotatable bonds is 6. The lowest BCUT2D eigenvalue weighted by molar-refractivity contribution is -0.120. The molecule has 0 aliphatic carbocycles. The summed E-state index contributed by atoms with van der Waals surface area (Å²) in [6.07, 6.45) is 0.613. The Morgan fingerprint density at radius 2 is 2.03 bits per heavy atom. The number of nitriles is 1. The van der Waals surface area contributed by atoms with Gasteiger partial charge in [0.15, 0.2) is 5.00 Å². The predicted octanol–water partition coefficient (Wildman–Crippen LogP) is 1.63. The zero-order chi connectivity index (χ0) is 21.7. The second-order valence-electron chi connectivity index (χ2n) is 6.45. The number of anilines is 1. The number of esters is 1. The quantitative estimate of drug-likeness (QED) is 0.656. The van der Waals surface area contributed by atoms with E-state index in [1.807, 2.05) is 6.07 Å². The minimum absolute atomic E-state index is 0.0368. The molecule has 0 bridgehead atoms. The highest BCUT2D eigenvalue weighted by atomic mass is 32.2. The van der Waals surface area contributed by atoms with Gasteiger partial charge in [-0.15, -0.1) is 5.10 Å². The second-order valence-corrected chi connectivity index (χ2v) is 9.11. The maximum absolute atomic E-state index is 12.9. The van der Waals surface area contributed by atoms with Crippen molar-refractivity contribution in [3.63, 3.8) is 0 Å². The van der Waals surface area contributed by atoms with Crippen LogP contribution >= 0.6 is 11.5 Å². The zero-order valence-electron chi connectivity index (χ0n) is 16.1. The third kappa shape index (κ3) is 4.48. The Bertz CT molecular complexity index is 1080. The molecule has 10 nitrogen and oxygen atoms in total.